The first-order chi connectivity index (χ1) is 14.2. The smallest absolute Gasteiger partial charge is 0.337 e. The largest absolute Gasteiger partial charge is 0.483 e. The normalized spacial score (nSPS) is 16.7. The fraction of sp³-hybridized carbons (Fsp3) is 0.389. The second kappa shape index (κ2) is 8.70. The van der Waals surface area contributed by atoms with Crippen molar-refractivity contribution in [3.63, 3.8) is 0 Å². The van der Waals surface area contributed by atoms with Crippen molar-refractivity contribution < 1.29 is 37.0 Å². The van der Waals surface area contributed by atoms with E-state index < -0.39 is 32.3 Å². The van der Waals surface area contributed by atoms with Crippen LogP contribution < -0.4 is 0 Å². The first-order valence-corrected chi connectivity index (χ1v) is 10.8. The number of fused-ring (bicyclic) bond motifs is 1. The molecule has 30 heavy (non-hydrogen) atoms. The van der Waals surface area contributed by atoms with Crippen LogP contribution in [-0.2, 0) is 27.8 Å². The molecule has 0 bridgehead atoms. The summed E-state index contributed by atoms with van der Waals surface area (Å²) >= 11 is 5.70. The molecule has 0 saturated heterocycles. The van der Waals surface area contributed by atoms with Crippen molar-refractivity contribution in [1.82, 2.24) is 9.29 Å². The molecule has 12 heteroatoms. The lowest BCUT2D eigenvalue weighted by Gasteiger charge is -2.25. The zero-order chi connectivity index (χ0) is 22.1. The van der Waals surface area contributed by atoms with E-state index in [1.165, 1.54) is 0 Å². The van der Waals surface area contributed by atoms with Gasteiger partial charge in [0.25, 0.3) is 6.47 Å². The fourth-order valence-corrected chi connectivity index (χ4v) is 4.96. The summed E-state index contributed by atoms with van der Waals surface area (Å²) < 4.78 is 46.9. The van der Waals surface area contributed by atoms with Crippen LogP contribution in [0, 0.1) is 5.82 Å². The van der Waals surface area contributed by atoms with Crippen molar-refractivity contribution in [2.24, 2.45) is 0 Å². The van der Waals surface area contributed by atoms with Crippen molar-refractivity contribution in [1.29, 1.82) is 0 Å². The number of carbonyl (C=O) groups is 2. The zero-order valence-corrected chi connectivity index (χ0v) is 17.1. The number of carboxylic acid groups (broad SMARTS) is 2. The molecule has 1 fully saturated rings. The van der Waals surface area contributed by atoms with Gasteiger partial charge < -0.3 is 14.6 Å². The molecule has 0 radical (unpaired) electrons. The molecule has 1 aliphatic carbocycles. The summed E-state index contributed by atoms with van der Waals surface area (Å²) in [7, 11) is -4.26. The number of carboxylic acids is 1. The van der Waals surface area contributed by atoms with E-state index in [9.17, 15) is 17.6 Å². The van der Waals surface area contributed by atoms with Crippen molar-refractivity contribution >= 4 is 34.1 Å². The van der Waals surface area contributed by atoms with Gasteiger partial charge in [-0.1, -0.05) is 18.0 Å². The van der Waals surface area contributed by atoms with Crippen molar-refractivity contribution in [2.45, 2.75) is 43.0 Å². The van der Waals surface area contributed by atoms with Gasteiger partial charge in [0.15, 0.2) is 5.89 Å². The molecule has 4 rings (SSSR count). The lowest BCUT2D eigenvalue weighted by molar-refractivity contribution is -0.122. The molecule has 1 aliphatic heterocycles. The predicted molar refractivity (Wildman–Crippen MR) is 101 cm³/mol. The Kier molecular flexibility index (Phi) is 6.44. The predicted octanol–water partition coefficient (Wildman–Crippen LogP) is 2.88. The maximum atomic E-state index is 14.3. The fourth-order valence-electron chi connectivity index (χ4n) is 3.26. The van der Waals surface area contributed by atoms with Gasteiger partial charge in [-0.05, 0) is 25.0 Å². The highest BCUT2D eigenvalue weighted by molar-refractivity contribution is 7.89. The van der Waals surface area contributed by atoms with Gasteiger partial charge in [0.1, 0.15) is 16.5 Å². The van der Waals surface area contributed by atoms with E-state index in [0.717, 1.165) is 29.6 Å². The van der Waals surface area contributed by atoms with E-state index in [0.29, 0.717) is 29.8 Å². The lowest BCUT2D eigenvalue weighted by Crippen LogP contribution is -2.36. The molecule has 0 atom stereocenters. The summed E-state index contributed by atoms with van der Waals surface area (Å²) in [5, 5.41) is 15.7. The van der Waals surface area contributed by atoms with E-state index in [2.05, 4.69) is 4.98 Å². The van der Waals surface area contributed by atoms with Gasteiger partial charge in [0.2, 0.25) is 10.0 Å². The Balaban J connectivity index is 0.000000806. The molecule has 0 unspecified atom stereocenters. The minimum absolute atomic E-state index is 0.0433. The summed E-state index contributed by atoms with van der Waals surface area (Å²) in [4.78, 5) is 23.3. The molecule has 1 aromatic heterocycles. The zero-order valence-electron chi connectivity index (χ0n) is 15.5. The van der Waals surface area contributed by atoms with Crippen LogP contribution in [0.5, 0.6) is 0 Å². The van der Waals surface area contributed by atoms with Crippen LogP contribution in [0.3, 0.4) is 0 Å². The van der Waals surface area contributed by atoms with Crippen LogP contribution in [0.1, 0.15) is 52.9 Å². The third-order valence-corrected chi connectivity index (χ3v) is 7.21. The topological polar surface area (TPSA) is 138 Å². The summed E-state index contributed by atoms with van der Waals surface area (Å²) in [6.07, 6.45) is 3.47. The van der Waals surface area contributed by atoms with Gasteiger partial charge >= 0.3 is 5.97 Å². The van der Waals surface area contributed by atoms with Gasteiger partial charge in [0.05, 0.1) is 22.8 Å². The molecule has 2 N–H and O–H groups in total. The van der Waals surface area contributed by atoms with Gasteiger partial charge in [-0.25, -0.2) is 22.6 Å². The van der Waals surface area contributed by atoms with Crippen LogP contribution in [0.2, 0.25) is 5.02 Å². The average molecular weight is 461 g/mol. The summed E-state index contributed by atoms with van der Waals surface area (Å²) in [6.45, 7) is -0.197. The SMILES string of the molecule is O=C(O)c1cc(S(=O)(=O)N2CCc3oc(C4CCC4)nc3C2)c(F)cc1Cl.O=CO. The number of oxazole rings is 1. The Morgan fingerprint density at radius 2 is 2.03 bits per heavy atom. The van der Waals surface area contributed by atoms with Crippen LogP contribution in [-0.4, -0.2) is 46.9 Å². The van der Waals surface area contributed by atoms with Crippen molar-refractivity contribution in [2.75, 3.05) is 6.54 Å². The highest BCUT2D eigenvalue weighted by atomic mass is 35.5. The van der Waals surface area contributed by atoms with Crippen LogP contribution in [0.4, 0.5) is 4.39 Å². The first-order valence-electron chi connectivity index (χ1n) is 8.97. The highest BCUT2D eigenvalue weighted by Gasteiger charge is 2.35. The van der Waals surface area contributed by atoms with Gasteiger partial charge in [-0.3, -0.25) is 4.79 Å². The highest BCUT2D eigenvalue weighted by Crippen LogP contribution is 2.38. The van der Waals surface area contributed by atoms with Crippen LogP contribution in [0.25, 0.3) is 0 Å². The second-order valence-corrected chi connectivity index (χ2v) is 9.12. The molecule has 9 nitrogen and oxygen atoms in total. The number of aromatic carboxylic acids is 1. The summed E-state index contributed by atoms with van der Waals surface area (Å²) in [5.74, 6) is -0.944. The molecule has 0 spiro atoms. The minimum Gasteiger partial charge on any atom is -0.483 e. The third-order valence-electron chi connectivity index (χ3n) is 5.03. The molecule has 0 amide bonds. The molecule has 2 aromatic rings. The number of hydrogen-bond donors (Lipinski definition) is 2. The Labute approximate surface area is 176 Å². The molecule has 162 valence electrons. The quantitative estimate of drug-likeness (QED) is 0.664. The van der Waals surface area contributed by atoms with E-state index in [1.54, 1.807) is 0 Å². The molecular formula is C18H18ClFN2O7S. The van der Waals surface area contributed by atoms with Gasteiger partial charge in [0, 0.05) is 18.9 Å². The Morgan fingerprint density at radius 1 is 1.37 bits per heavy atom. The average Bonchev–Trinajstić information content (AvgIpc) is 3.02. The van der Waals surface area contributed by atoms with Gasteiger partial charge in [-0.15, -0.1) is 0 Å². The van der Waals surface area contributed by atoms with E-state index in [1.807, 2.05) is 0 Å². The summed E-state index contributed by atoms with van der Waals surface area (Å²) in [5.41, 5.74) is 0.0580. The number of rotatable bonds is 4. The summed E-state index contributed by atoms with van der Waals surface area (Å²) in [6, 6.07) is 1.46. The molecule has 1 saturated carbocycles. The monoisotopic (exact) mass is 460 g/mol. The molecule has 2 aliphatic rings. The number of halogens is 2. The van der Waals surface area contributed by atoms with Crippen LogP contribution >= 0.6 is 11.6 Å². The van der Waals surface area contributed by atoms with E-state index in [-0.39, 0.29) is 30.5 Å². The van der Waals surface area contributed by atoms with Crippen LogP contribution in [0.15, 0.2) is 21.4 Å². The maximum Gasteiger partial charge on any atom is 0.337 e. The standard InChI is InChI=1S/C17H16ClFN2O5S.CH2O2/c18-11-7-12(19)15(6-10(11)17(22)23)27(24,25)21-5-4-14-13(8-21)20-16(26-14)9-2-1-3-9;2-1-3/h6-7,9H,1-5,8H2,(H,22,23);1H,(H,2,3). The van der Waals surface area contributed by atoms with Gasteiger partial charge in [-0.2, -0.15) is 4.31 Å². The lowest BCUT2D eigenvalue weighted by atomic mass is 9.85. The number of benzene rings is 1. The molecule has 2 heterocycles. The third kappa shape index (κ3) is 4.18. The van der Waals surface area contributed by atoms with E-state index in [4.69, 9.17) is 31.0 Å². The maximum absolute atomic E-state index is 14.3. The Hall–Kier alpha value is -2.50. The number of aromatic nitrogens is 1. The molecule has 1 aromatic carbocycles. The minimum atomic E-state index is -4.26. The number of sulfonamides is 1. The first kappa shape index (κ1) is 22.2. The number of hydrogen-bond acceptors (Lipinski definition) is 6. The second-order valence-electron chi connectivity index (χ2n) is 6.81. The van der Waals surface area contributed by atoms with Crippen molar-refractivity contribution in [3.05, 3.63) is 45.9 Å². The Bertz CT molecular complexity index is 1080. The van der Waals surface area contributed by atoms with Crippen molar-refractivity contribution in [3.8, 4) is 0 Å². The van der Waals surface area contributed by atoms with E-state index >= 15 is 0 Å². The number of nitrogens with zero attached hydrogens (tertiary/aromatic N) is 2. The molecular weight excluding hydrogens is 443 g/mol. The Morgan fingerprint density at radius 3 is 2.60 bits per heavy atom.